The summed E-state index contributed by atoms with van der Waals surface area (Å²) in [6.45, 7) is 6.05. The molecule has 0 radical (unpaired) electrons. The topological polar surface area (TPSA) is 0 Å². The summed E-state index contributed by atoms with van der Waals surface area (Å²) in [5.41, 5.74) is 1.44. The quantitative estimate of drug-likeness (QED) is 0.501. The molecule has 0 fully saturated rings. The van der Waals surface area contributed by atoms with E-state index in [2.05, 4.69) is 19.6 Å². The smallest absolute Gasteiger partial charge is 0.0256 e. The molecular formula is C9H14. The van der Waals surface area contributed by atoms with E-state index in [-0.39, 0.29) is 0 Å². The molecule has 0 nitrogen and oxygen atoms in total. The molecule has 1 rings (SSSR count). The molecular weight excluding hydrogens is 108 g/mol. The zero-order chi connectivity index (χ0) is 6.69. The van der Waals surface area contributed by atoms with Crippen LogP contribution >= 0.6 is 0 Å². The maximum Gasteiger partial charge on any atom is -0.0256 e. The number of allylic oxidation sites excluding steroid dienone is 3. The van der Waals surface area contributed by atoms with Crippen LogP contribution in [0.4, 0.5) is 0 Å². The first-order valence-electron chi connectivity index (χ1n) is 3.64. The summed E-state index contributed by atoms with van der Waals surface area (Å²) in [5, 5.41) is 0. The van der Waals surface area contributed by atoms with Crippen molar-refractivity contribution in [2.75, 3.05) is 0 Å². The van der Waals surface area contributed by atoms with E-state index in [4.69, 9.17) is 0 Å². The maximum atomic E-state index is 3.75. The monoisotopic (exact) mass is 122 g/mol. The van der Waals surface area contributed by atoms with Crippen LogP contribution in [0.3, 0.4) is 0 Å². The van der Waals surface area contributed by atoms with E-state index in [9.17, 15) is 0 Å². The highest BCUT2D eigenvalue weighted by molar-refractivity contribution is 5.18. The average molecular weight is 122 g/mol. The largest absolute Gasteiger partial charge is 0.0988 e. The molecule has 1 aliphatic rings. The molecule has 50 valence electrons. The Balaban J connectivity index is 2.53. The van der Waals surface area contributed by atoms with Gasteiger partial charge in [-0.25, -0.2) is 0 Å². The Morgan fingerprint density at radius 2 is 2.56 bits per heavy atom. The Bertz CT molecular complexity index is 131. The molecule has 0 heterocycles. The highest BCUT2D eigenvalue weighted by Gasteiger charge is 2.07. The molecule has 0 N–H and O–H groups in total. The van der Waals surface area contributed by atoms with Gasteiger partial charge in [0.2, 0.25) is 0 Å². The fourth-order valence-electron chi connectivity index (χ4n) is 1.31. The maximum absolute atomic E-state index is 3.75. The Morgan fingerprint density at radius 3 is 3.00 bits per heavy atom. The van der Waals surface area contributed by atoms with Crippen LogP contribution in [0.15, 0.2) is 24.3 Å². The van der Waals surface area contributed by atoms with Gasteiger partial charge in [-0.05, 0) is 25.2 Å². The van der Waals surface area contributed by atoms with Gasteiger partial charge < -0.3 is 0 Å². The fourth-order valence-corrected chi connectivity index (χ4v) is 1.31. The lowest BCUT2D eigenvalue weighted by Gasteiger charge is -2.15. The zero-order valence-electron chi connectivity index (χ0n) is 6.06. The summed E-state index contributed by atoms with van der Waals surface area (Å²) in [6, 6.07) is 0. The SMILES string of the molecule is C=CC1=CCC[C@@H](C)C1. The van der Waals surface area contributed by atoms with Gasteiger partial charge in [-0.15, -0.1) is 0 Å². The Hall–Kier alpha value is -0.520. The first kappa shape index (κ1) is 6.60. The van der Waals surface area contributed by atoms with Crippen molar-refractivity contribution in [2.45, 2.75) is 26.2 Å². The van der Waals surface area contributed by atoms with Crippen molar-refractivity contribution in [3.63, 3.8) is 0 Å². The minimum absolute atomic E-state index is 0.878. The number of hydrogen-bond donors (Lipinski definition) is 0. The molecule has 1 atom stereocenters. The molecule has 0 spiro atoms. The number of hydrogen-bond acceptors (Lipinski definition) is 0. The third-order valence-corrected chi connectivity index (χ3v) is 1.91. The van der Waals surface area contributed by atoms with E-state index in [1.54, 1.807) is 0 Å². The summed E-state index contributed by atoms with van der Waals surface area (Å²) >= 11 is 0. The molecule has 0 aliphatic heterocycles. The van der Waals surface area contributed by atoms with Crippen molar-refractivity contribution < 1.29 is 0 Å². The Labute approximate surface area is 57.3 Å². The first-order valence-corrected chi connectivity index (χ1v) is 3.64. The van der Waals surface area contributed by atoms with Crippen molar-refractivity contribution in [1.29, 1.82) is 0 Å². The van der Waals surface area contributed by atoms with Crippen LogP contribution in [-0.2, 0) is 0 Å². The van der Waals surface area contributed by atoms with Crippen molar-refractivity contribution in [3.05, 3.63) is 24.3 Å². The minimum atomic E-state index is 0.878. The van der Waals surface area contributed by atoms with Crippen LogP contribution in [0.25, 0.3) is 0 Å². The van der Waals surface area contributed by atoms with Gasteiger partial charge in [0.25, 0.3) is 0 Å². The van der Waals surface area contributed by atoms with Gasteiger partial charge in [-0.2, -0.15) is 0 Å². The summed E-state index contributed by atoms with van der Waals surface area (Å²) in [6.07, 6.45) is 8.13. The summed E-state index contributed by atoms with van der Waals surface area (Å²) in [4.78, 5) is 0. The van der Waals surface area contributed by atoms with Crippen LogP contribution in [0.5, 0.6) is 0 Å². The van der Waals surface area contributed by atoms with E-state index in [1.165, 1.54) is 24.8 Å². The van der Waals surface area contributed by atoms with E-state index in [1.807, 2.05) is 6.08 Å². The van der Waals surface area contributed by atoms with E-state index in [0.717, 1.165) is 5.92 Å². The molecule has 0 aromatic rings. The zero-order valence-corrected chi connectivity index (χ0v) is 6.06. The summed E-state index contributed by atoms with van der Waals surface area (Å²) in [5.74, 6) is 0.878. The Morgan fingerprint density at radius 1 is 1.78 bits per heavy atom. The van der Waals surface area contributed by atoms with E-state index >= 15 is 0 Å². The molecule has 0 amide bonds. The van der Waals surface area contributed by atoms with Crippen LogP contribution in [0.1, 0.15) is 26.2 Å². The van der Waals surface area contributed by atoms with Gasteiger partial charge in [0.1, 0.15) is 0 Å². The lowest BCUT2D eigenvalue weighted by molar-refractivity contribution is 0.516. The van der Waals surface area contributed by atoms with Crippen molar-refractivity contribution in [3.8, 4) is 0 Å². The van der Waals surface area contributed by atoms with Gasteiger partial charge in [0.05, 0.1) is 0 Å². The average Bonchev–Trinajstić information content (AvgIpc) is 1.88. The molecule has 0 aromatic heterocycles. The van der Waals surface area contributed by atoms with E-state index < -0.39 is 0 Å². The fraction of sp³-hybridized carbons (Fsp3) is 0.556. The second kappa shape index (κ2) is 2.86. The number of rotatable bonds is 1. The molecule has 0 heteroatoms. The normalized spacial score (nSPS) is 27.2. The molecule has 0 aromatic carbocycles. The molecule has 9 heavy (non-hydrogen) atoms. The third-order valence-electron chi connectivity index (χ3n) is 1.91. The van der Waals surface area contributed by atoms with Gasteiger partial charge in [0, 0.05) is 0 Å². The molecule has 1 aliphatic carbocycles. The predicted molar refractivity (Wildman–Crippen MR) is 41.3 cm³/mol. The van der Waals surface area contributed by atoms with Crippen molar-refractivity contribution >= 4 is 0 Å². The van der Waals surface area contributed by atoms with Gasteiger partial charge in [-0.3, -0.25) is 0 Å². The second-order valence-electron chi connectivity index (χ2n) is 2.87. The van der Waals surface area contributed by atoms with Gasteiger partial charge >= 0.3 is 0 Å². The standard InChI is InChI=1S/C9H14/c1-3-9-6-4-5-8(2)7-9/h3,6,8H,1,4-5,7H2,2H3/t8-/m1/s1. The predicted octanol–water partition coefficient (Wildman–Crippen LogP) is 2.92. The van der Waals surface area contributed by atoms with E-state index in [0.29, 0.717) is 0 Å². The van der Waals surface area contributed by atoms with Crippen molar-refractivity contribution in [2.24, 2.45) is 5.92 Å². The minimum Gasteiger partial charge on any atom is -0.0988 e. The highest BCUT2D eigenvalue weighted by Crippen LogP contribution is 2.23. The van der Waals surface area contributed by atoms with Crippen LogP contribution in [-0.4, -0.2) is 0 Å². The van der Waals surface area contributed by atoms with Crippen LogP contribution < -0.4 is 0 Å². The second-order valence-corrected chi connectivity index (χ2v) is 2.87. The highest BCUT2D eigenvalue weighted by atomic mass is 14.1. The van der Waals surface area contributed by atoms with Crippen LogP contribution in [0, 0.1) is 5.92 Å². The van der Waals surface area contributed by atoms with Crippen LogP contribution in [0.2, 0.25) is 0 Å². The van der Waals surface area contributed by atoms with Crippen molar-refractivity contribution in [1.82, 2.24) is 0 Å². The summed E-state index contributed by atoms with van der Waals surface area (Å²) < 4.78 is 0. The molecule has 0 bridgehead atoms. The first-order chi connectivity index (χ1) is 4.33. The molecule has 0 saturated carbocycles. The lowest BCUT2D eigenvalue weighted by Crippen LogP contribution is -2.00. The molecule has 0 saturated heterocycles. The lowest BCUT2D eigenvalue weighted by atomic mass is 9.90. The van der Waals surface area contributed by atoms with Gasteiger partial charge in [0.15, 0.2) is 0 Å². The third kappa shape index (κ3) is 1.70. The van der Waals surface area contributed by atoms with Gasteiger partial charge in [-0.1, -0.05) is 31.2 Å². The Kier molecular flexibility index (Phi) is 2.10. The molecule has 0 unspecified atom stereocenters. The summed E-state index contributed by atoms with van der Waals surface area (Å²) in [7, 11) is 0.